The molecule has 3 nitrogen and oxygen atoms in total. The van der Waals surface area contributed by atoms with Gasteiger partial charge in [-0.15, -0.1) is 0 Å². The number of hydrogen-bond donors (Lipinski definition) is 0. The van der Waals surface area contributed by atoms with Crippen LogP contribution in [0.5, 0.6) is 0 Å². The predicted octanol–water partition coefficient (Wildman–Crippen LogP) is 3.61. The van der Waals surface area contributed by atoms with Gasteiger partial charge in [0.25, 0.3) is 0 Å². The Morgan fingerprint density at radius 2 is 1.94 bits per heavy atom. The van der Waals surface area contributed by atoms with E-state index in [1.165, 1.54) is 0 Å². The first-order chi connectivity index (χ1) is 8.58. The van der Waals surface area contributed by atoms with Crippen LogP contribution in [-0.4, -0.2) is 18.4 Å². The molecule has 1 aromatic carbocycles. The fourth-order valence-corrected chi connectivity index (χ4v) is 2.02. The lowest BCUT2D eigenvalue weighted by Gasteiger charge is -2.11. The first kappa shape index (κ1) is 14.9. The Labute approximate surface area is 116 Å². The number of halogens is 1. The van der Waals surface area contributed by atoms with Crippen LogP contribution in [0.15, 0.2) is 28.7 Å². The van der Waals surface area contributed by atoms with Crippen LogP contribution in [0, 0.1) is 5.92 Å². The summed E-state index contributed by atoms with van der Waals surface area (Å²) < 4.78 is 5.87. The van der Waals surface area contributed by atoms with E-state index >= 15 is 0 Å². The second-order valence-electron chi connectivity index (χ2n) is 4.05. The van der Waals surface area contributed by atoms with E-state index in [9.17, 15) is 9.59 Å². The summed E-state index contributed by atoms with van der Waals surface area (Å²) in [5.41, 5.74) is 0.543. The molecule has 0 amide bonds. The first-order valence-corrected chi connectivity index (χ1v) is 6.83. The molecule has 0 bridgehead atoms. The van der Waals surface area contributed by atoms with Crippen LogP contribution in [0.3, 0.4) is 0 Å². The van der Waals surface area contributed by atoms with Crippen LogP contribution in [0.4, 0.5) is 0 Å². The lowest BCUT2D eigenvalue weighted by Crippen LogP contribution is -2.20. The Hall–Kier alpha value is -1.16. The topological polar surface area (TPSA) is 43.4 Å². The number of hydrogen-bond acceptors (Lipinski definition) is 3. The number of benzene rings is 1. The molecule has 0 saturated heterocycles. The monoisotopic (exact) mass is 312 g/mol. The summed E-state index contributed by atoms with van der Waals surface area (Å²) in [6.45, 7) is 3.68. The Morgan fingerprint density at radius 1 is 1.28 bits per heavy atom. The van der Waals surface area contributed by atoms with Crippen molar-refractivity contribution in [3.05, 3.63) is 34.3 Å². The molecule has 0 saturated carbocycles. The van der Waals surface area contributed by atoms with E-state index in [1.807, 2.05) is 19.9 Å². The Bertz CT molecular complexity index is 425. The van der Waals surface area contributed by atoms with Crippen molar-refractivity contribution in [2.75, 3.05) is 6.61 Å². The van der Waals surface area contributed by atoms with Crippen molar-refractivity contribution < 1.29 is 14.3 Å². The minimum Gasteiger partial charge on any atom is -0.457 e. The van der Waals surface area contributed by atoms with Crippen LogP contribution in [0.1, 0.15) is 37.0 Å². The van der Waals surface area contributed by atoms with Crippen molar-refractivity contribution in [3.8, 4) is 0 Å². The van der Waals surface area contributed by atoms with Crippen LogP contribution < -0.4 is 0 Å². The average Bonchev–Trinajstić information content (AvgIpc) is 2.37. The van der Waals surface area contributed by atoms with Crippen molar-refractivity contribution >= 4 is 27.7 Å². The zero-order valence-electron chi connectivity index (χ0n) is 10.6. The van der Waals surface area contributed by atoms with Gasteiger partial charge in [-0.25, -0.2) is 0 Å². The van der Waals surface area contributed by atoms with E-state index in [2.05, 4.69) is 15.9 Å². The molecule has 1 aromatic rings. The second-order valence-corrected chi connectivity index (χ2v) is 4.97. The van der Waals surface area contributed by atoms with Gasteiger partial charge in [0.05, 0.1) is 5.92 Å². The zero-order valence-corrected chi connectivity index (χ0v) is 12.2. The molecule has 1 rings (SSSR count). The summed E-state index contributed by atoms with van der Waals surface area (Å²) in [7, 11) is 0. The molecule has 0 spiro atoms. The van der Waals surface area contributed by atoms with Gasteiger partial charge in [0.2, 0.25) is 0 Å². The maximum absolute atomic E-state index is 11.8. The summed E-state index contributed by atoms with van der Waals surface area (Å²) >= 11 is 3.30. The van der Waals surface area contributed by atoms with Crippen LogP contribution in [-0.2, 0) is 9.53 Å². The molecule has 0 heterocycles. The van der Waals surface area contributed by atoms with Gasteiger partial charge in [0, 0.05) is 10.0 Å². The second kappa shape index (κ2) is 7.31. The quantitative estimate of drug-likeness (QED) is 0.595. The van der Waals surface area contributed by atoms with Crippen molar-refractivity contribution in [3.63, 3.8) is 0 Å². The molecular weight excluding hydrogens is 296 g/mol. The third-order valence-corrected chi connectivity index (χ3v) is 3.30. The van der Waals surface area contributed by atoms with Gasteiger partial charge in [-0.2, -0.15) is 0 Å². The number of ketones is 1. The normalized spacial score (nSPS) is 10.4. The van der Waals surface area contributed by atoms with Gasteiger partial charge < -0.3 is 4.74 Å². The standard InChI is InChI=1S/C14H17BrO3/c1-3-10(4-2)14(17)18-9-13(16)11-6-5-7-12(15)8-11/h5-8,10H,3-4,9H2,1-2H3. The summed E-state index contributed by atoms with van der Waals surface area (Å²) in [5.74, 6) is -0.584. The highest BCUT2D eigenvalue weighted by molar-refractivity contribution is 9.10. The maximum atomic E-state index is 11.8. The Morgan fingerprint density at radius 3 is 2.50 bits per heavy atom. The molecule has 4 heteroatoms. The van der Waals surface area contributed by atoms with Gasteiger partial charge in [-0.1, -0.05) is 41.9 Å². The molecule has 0 radical (unpaired) electrons. The molecule has 0 aromatic heterocycles. The van der Waals surface area contributed by atoms with Gasteiger partial charge in [0.1, 0.15) is 0 Å². The molecule has 0 N–H and O–H groups in total. The van der Waals surface area contributed by atoms with Crippen molar-refractivity contribution in [1.29, 1.82) is 0 Å². The predicted molar refractivity (Wildman–Crippen MR) is 73.5 cm³/mol. The molecular formula is C14H17BrO3. The molecule has 0 aliphatic carbocycles. The van der Waals surface area contributed by atoms with E-state index in [0.29, 0.717) is 5.56 Å². The third-order valence-electron chi connectivity index (χ3n) is 2.81. The zero-order chi connectivity index (χ0) is 13.5. The van der Waals surface area contributed by atoms with Crippen molar-refractivity contribution in [2.24, 2.45) is 5.92 Å². The van der Waals surface area contributed by atoms with Crippen LogP contribution in [0.2, 0.25) is 0 Å². The highest BCUT2D eigenvalue weighted by Gasteiger charge is 2.17. The van der Waals surface area contributed by atoms with Gasteiger partial charge >= 0.3 is 5.97 Å². The summed E-state index contributed by atoms with van der Waals surface area (Å²) in [5, 5.41) is 0. The molecule has 18 heavy (non-hydrogen) atoms. The molecule has 98 valence electrons. The number of Topliss-reactive ketones (excluding diaryl/α,β-unsaturated/α-hetero) is 1. The minimum atomic E-state index is -0.289. The first-order valence-electron chi connectivity index (χ1n) is 6.03. The fraction of sp³-hybridized carbons (Fsp3) is 0.429. The van der Waals surface area contributed by atoms with E-state index in [4.69, 9.17) is 4.74 Å². The average molecular weight is 313 g/mol. The third kappa shape index (κ3) is 4.26. The number of rotatable bonds is 6. The largest absolute Gasteiger partial charge is 0.457 e. The van der Waals surface area contributed by atoms with E-state index in [-0.39, 0.29) is 24.3 Å². The highest BCUT2D eigenvalue weighted by Crippen LogP contribution is 2.13. The number of ether oxygens (including phenoxy) is 1. The van der Waals surface area contributed by atoms with Crippen LogP contribution >= 0.6 is 15.9 Å². The Kier molecular flexibility index (Phi) is 6.05. The van der Waals surface area contributed by atoms with Gasteiger partial charge in [0.15, 0.2) is 12.4 Å². The fourth-order valence-electron chi connectivity index (χ4n) is 1.62. The van der Waals surface area contributed by atoms with Crippen LogP contribution in [0.25, 0.3) is 0 Å². The number of carbonyl (C=O) groups excluding carboxylic acids is 2. The van der Waals surface area contributed by atoms with Gasteiger partial charge in [-0.05, 0) is 25.0 Å². The summed E-state index contributed by atoms with van der Waals surface area (Å²) in [6, 6.07) is 7.04. The van der Waals surface area contributed by atoms with Crippen molar-refractivity contribution in [2.45, 2.75) is 26.7 Å². The molecule has 0 fully saturated rings. The smallest absolute Gasteiger partial charge is 0.309 e. The summed E-state index contributed by atoms with van der Waals surface area (Å²) in [4.78, 5) is 23.4. The lowest BCUT2D eigenvalue weighted by atomic mass is 10.0. The molecule has 0 atom stereocenters. The van der Waals surface area contributed by atoms with Crippen molar-refractivity contribution in [1.82, 2.24) is 0 Å². The molecule has 0 aliphatic heterocycles. The van der Waals surface area contributed by atoms with E-state index in [0.717, 1.165) is 17.3 Å². The number of carbonyl (C=O) groups is 2. The Balaban J connectivity index is 2.54. The molecule has 0 aliphatic rings. The highest BCUT2D eigenvalue weighted by atomic mass is 79.9. The summed E-state index contributed by atoms with van der Waals surface area (Å²) in [6.07, 6.45) is 1.47. The number of esters is 1. The maximum Gasteiger partial charge on any atom is 0.309 e. The van der Waals surface area contributed by atoms with E-state index in [1.54, 1.807) is 18.2 Å². The minimum absolute atomic E-state index is 0.111. The lowest BCUT2D eigenvalue weighted by molar-refractivity contribution is -0.147. The van der Waals surface area contributed by atoms with E-state index < -0.39 is 0 Å². The molecule has 0 unspecified atom stereocenters. The van der Waals surface area contributed by atoms with Gasteiger partial charge in [-0.3, -0.25) is 9.59 Å². The SMILES string of the molecule is CCC(CC)C(=O)OCC(=O)c1cccc(Br)c1.